The summed E-state index contributed by atoms with van der Waals surface area (Å²) in [5, 5.41) is 8.07. The third kappa shape index (κ3) is 2.63. The van der Waals surface area contributed by atoms with Crippen molar-refractivity contribution in [2.24, 2.45) is 5.92 Å². The Labute approximate surface area is 112 Å². The highest BCUT2D eigenvalue weighted by molar-refractivity contribution is 7.95. The molecule has 2 rings (SSSR count). The predicted molar refractivity (Wildman–Crippen MR) is 67.9 cm³/mol. The van der Waals surface area contributed by atoms with Crippen LogP contribution in [0, 0.1) is 5.92 Å². The molecular formula is C10H17NO6S2. The van der Waals surface area contributed by atoms with Gasteiger partial charge in [-0.15, -0.1) is 0 Å². The standard InChI is InChI=1S/C10H17NO6S2/c1-7-9(10(12)13)2-4-11(7)19(16,17)8-3-5-18(14,15)6-8/h7-9H,2-6H2,1H3,(H,12,13). The van der Waals surface area contributed by atoms with Gasteiger partial charge in [0.15, 0.2) is 9.84 Å². The molecule has 0 aromatic heterocycles. The Bertz CT molecular complexity index is 581. The Morgan fingerprint density at radius 2 is 1.95 bits per heavy atom. The zero-order chi connectivity index (χ0) is 14.4. The van der Waals surface area contributed by atoms with E-state index in [0.717, 1.165) is 4.31 Å². The minimum Gasteiger partial charge on any atom is -0.481 e. The van der Waals surface area contributed by atoms with Crippen LogP contribution in [0.5, 0.6) is 0 Å². The summed E-state index contributed by atoms with van der Waals surface area (Å²) in [5.74, 6) is -2.19. The second-order valence-corrected chi connectivity index (χ2v) is 9.55. The van der Waals surface area contributed by atoms with Crippen molar-refractivity contribution in [2.45, 2.75) is 31.1 Å². The molecule has 0 aromatic rings. The van der Waals surface area contributed by atoms with Crippen molar-refractivity contribution in [3.8, 4) is 0 Å². The fraction of sp³-hybridized carbons (Fsp3) is 0.900. The van der Waals surface area contributed by atoms with Crippen molar-refractivity contribution in [1.82, 2.24) is 4.31 Å². The Balaban J connectivity index is 2.20. The molecule has 1 N–H and O–H groups in total. The van der Waals surface area contributed by atoms with E-state index in [4.69, 9.17) is 5.11 Å². The lowest BCUT2D eigenvalue weighted by Crippen LogP contribution is -2.43. The Hall–Kier alpha value is -0.670. The third-order valence-electron chi connectivity index (χ3n) is 3.95. The van der Waals surface area contributed by atoms with E-state index in [9.17, 15) is 21.6 Å². The maximum atomic E-state index is 12.4. The molecule has 2 aliphatic rings. The molecule has 110 valence electrons. The van der Waals surface area contributed by atoms with Gasteiger partial charge in [0.05, 0.1) is 22.7 Å². The zero-order valence-electron chi connectivity index (χ0n) is 10.5. The maximum absolute atomic E-state index is 12.4. The van der Waals surface area contributed by atoms with E-state index in [1.165, 1.54) is 0 Å². The maximum Gasteiger partial charge on any atom is 0.308 e. The second kappa shape index (κ2) is 4.71. The van der Waals surface area contributed by atoms with Gasteiger partial charge < -0.3 is 5.11 Å². The first-order chi connectivity index (χ1) is 8.65. The molecule has 7 nitrogen and oxygen atoms in total. The molecular weight excluding hydrogens is 294 g/mol. The van der Waals surface area contributed by atoms with E-state index in [1.54, 1.807) is 6.92 Å². The van der Waals surface area contributed by atoms with E-state index in [-0.39, 0.29) is 30.9 Å². The van der Waals surface area contributed by atoms with E-state index < -0.39 is 43.0 Å². The number of carboxylic acid groups (broad SMARTS) is 1. The van der Waals surface area contributed by atoms with Crippen LogP contribution in [0.4, 0.5) is 0 Å². The summed E-state index contributed by atoms with van der Waals surface area (Å²) in [6.45, 7) is 1.71. The highest BCUT2D eigenvalue weighted by atomic mass is 32.2. The number of sulfonamides is 1. The first kappa shape index (κ1) is 14.7. The molecule has 19 heavy (non-hydrogen) atoms. The molecule has 0 radical (unpaired) electrons. The normalized spacial score (nSPS) is 35.5. The highest BCUT2D eigenvalue weighted by Gasteiger charge is 2.47. The molecule has 0 amide bonds. The Morgan fingerprint density at radius 3 is 2.37 bits per heavy atom. The van der Waals surface area contributed by atoms with Crippen LogP contribution in [0.3, 0.4) is 0 Å². The summed E-state index contributed by atoms with van der Waals surface area (Å²) in [6.07, 6.45) is 0.376. The predicted octanol–water partition coefficient (Wildman–Crippen LogP) is -0.702. The van der Waals surface area contributed by atoms with Gasteiger partial charge in [-0.25, -0.2) is 16.8 Å². The van der Waals surface area contributed by atoms with Crippen LogP contribution in [0.2, 0.25) is 0 Å². The number of hydrogen-bond acceptors (Lipinski definition) is 5. The number of sulfone groups is 1. The van der Waals surface area contributed by atoms with Gasteiger partial charge in [-0.2, -0.15) is 4.31 Å². The largest absolute Gasteiger partial charge is 0.481 e. The fourth-order valence-corrected chi connectivity index (χ4v) is 7.56. The smallest absolute Gasteiger partial charge is 0.308 e. The van der Waals surface area contributed by atoms with Crippen LogP contribution in [0.25, 0.3) is 0 Å². The number of aliphatic carboxylic acids is 1. The zero-order valence-corrected chi connectivity index (χ0v) is 12.2. The molecule has 9 heteroatoms. The minimum atomic E-state index is -3.73. The van der Waals surface area contributed by atoms with Crippen molar-refractivity contribution in [2.75, 3.05) is 18.1 Å². The van der Waals surface area contributed by atoms with Gasteiger partial charge in [-0.1, -0.05) is 0 Å². The molecule has 2 fully saturated rings. The molecule has 2 saturated heterocycles. The van der Waals surface area contributed by atoms with Gasteiger partial charge in [-0.05, 0) is 19.8 Å². The Morgan fingerprint density at radius 1 is 1.32 bits per heavy atom. The Kier molecular flexibility index (Phi) is 3.65. The van der Waals surface area contributed by atoms with Crippen molar-refractivity contribution in [3.63, 3.8) is 0 Å². The summed E-state index contributed by atoms with van der Waals surface area (Å²) in [4.78, 5) is 11.0. The molecule has 2 aliphatic heterocycles. The van der Waals surface area contributed by atoms with Gasteiger partial charge >= 0.3 is 5.97 Å². The molecule has 3 unspecified atom stereocenters. The summed E-state index contributed by atoms with van der Waals surface area (Å²) in [5.41, 5.74) is 0. The molecule has 3 atom stereocenters. The molecule has 2 heterocycles. The van der Waals surface area contributed by atoms with Crippen LogP contribution in [0.1, 0.15) is 19.8 Å². The molecule has 0 bridgehead atoms. The van der Waals surface area contributed by atoms with Gasteiger partial charge in [0, 0.05) is 12.6 Å². The number of nitrogens with zero attached hydrogens (tertiary/aromatic N) is 1. The van der Waals surface area contributed by atoms with Crippen LogP contribution < -0.4 is 0 Å². The summed E-state index contributed by atoms with van der Waals surface area (Å²) >= 11 is 0. The lowest BCUT2D eigenvalue weighted by atomic mass is 10.0. The third-order valence-corrected chi connectivity index (χ3v) is 8.35. The van der Waals surface area contributed by atoms with Crippen molar-refractivity contribution in [3.05, 3.63) is 0 Å². The molecule has 0 aliphatic carbocycles. The van der Waals surface area contributed by atoms with Crippen LogP contribution >= 0.6 is 0 Å². The summed E-state index contributed by atoms with van der Waals surface area (Å²) in [7, 11) is -7.01. The van der Waals surface area contributed by atoms with Crippen LogP contribution in [-0.4, -0.2) is 61.6 Å². The van der Waals surface area contributed by atoms with E-state index in [1.807, 2.05) is 0 Å². The lowest BCUT2D eigenvalue weighted by Gasteiger charge is -2.25. The van der Waals surface area contributed by atoms with Crippen LogP contribution in [0.15, 0.2) is 0 Å². The second-order valence-electron chi connectivity index (χ2n) is 5.15. The van der Waals surface area contributed by atoms with Crippen LogP contribution in [-0.2, 0) is 24.7 Å². The number of rotatable bonds is 3. The minimum absolute atomic E-state index is 0.103. The monoisotopic (exact) mass is 311 g/mol. The number of hydrogen-bond donors (Lipinski definition) is 1. The number of carboxylic acids is 1. The quantitative estimate of drug-likeness (QED) is 0.738. The summed E-state index contributed by atoms with van der Waals surface area (Å²) in [6, 6.07) is -0.620. The van der Waals surface area contributed by atoms with Gasteiger partial charge in [0.25, 0.3) is 0 Å². The van der Waals surface area contributed by atoms with Crippen molar-refractivity contribution < 1.29 is 26.7 Å². The van der Waals surface area contributed by atoms with Crippen molar-refractivity contribution >= 4 is 25.8 Å². The fourth-order valence-electron chi connectivity index (χ4n) is 2.79. The van der Waals surface area contributed by atoms with E-state index in [2.05, 4.69) is 0 Å². The first-order valence-corrected chi connectivity index (χ1v) is 9.41. The number of carbonyl (C=O) groups is 1. The van der Waals surface area contributed by atoms with Gasteiger partial charge in [0.1, 0.15) is 0 Å². The summed E-state index contributed by atoms with van der Waals surface area (Å²) < 4.78 is 48.7. The van der Waals surface area contributed by atoms with Gasteiger partial charge in [0.2, 0.25) is 10.0 Å². The van der Waals surface area contributed by atoms with E-state index >= 15 is 0 Å². The lowest BCUT2D eigenvalue weighted by molar-refractivity contribution is -0.142. The van der Waals surface area contributed by atoms with Crippen molar-refractivity contribution in [1.29, 1.82) is 0 Å². The highest BCUT2D eigenvalue weighted by Crippen LogP contribution is 2.31. The van der Waals surface area contributed by atoms with E-state index in [0.29, 0.717) is 0 Å². The molecule has 0 aromatic carbocycles. The SMILES string of the molecule is CC1C(C(=O)O)CCN1S(=O)(=O)C1CCS(=O)(=O)C1. The molecule has 0 spiro atoms. The average Bonchev–Trinajstić information content (AvgIpc) is 2.81. The molecule has 0 saturated carbocycles. The first-order valence-electron chi connectivity index (χ1n) is 6.09. The average molecular weight is 311 g/mol. The van der Waals surface area contributed by atoms with Gasteiger partial charge in [-0.3, -0.25) is 4.79 Å². The topological polar surface area (TPSA) is 109 Å².